The van der Waals surface area contributed by atoms with Crippen molar-refractivity contribution in [1.29, 1.82) is 0 Å². The largest absolute Gasteiger partial charge is 3.00 e. The number of hydrogen-bond donors (Lipinski definition) is 1. The van der Waals surface area contributed by atoms with E-state index in [1.807, 2.05) is 12.2 Å². The second kappa shape index (κ2) is 17.3. The van der Waals surface area contributed by atoms with Crippen molar-refractivity contribution in [2.75, 3.05) is 0 Å². The molecule has 0 saturated heterocycles. The monoisotopic (exact) mass is 203 g/mol. The molecule has 69 valence electrons. The minimum absolute atomic E-state index is 0. The second-order valence-corrected chi connectivity index (χ2v) is 2.10. The first-order chi connectivity index (χ1) is 4.23. The summed E-state index contributed by atoms with van der Waals surface area (Å²) >= 11 is 0. The van der Waals surface area contributed by atoms with E-state index in [1.165, 1.54) is 0 Å². The van der Waals surface area contributed by atoms with Gasteiger partial charge in [-0.2, -0.15) is 6.08 Å². The minimum Gasteiger partial charge on any atom is -0.394 e. The molecule has 1 N–H and O–H groups in total. The minimum atomic E-state index is -0.167. The van der Waals surface area contributed by atoms with Crippen LogP contribution < -0.4 is 0 Å². The fourth-order valence-corrected chi connectivity index (χ4v) is 0.340. The van der Waals surface area contributed by atoms with Crippen molar-refractivity contribution in [1.82, 2.24) is 0 Å². The maximum atomic E-state index is 8.06. The van der Waals surface area contributed by atoms with Crippen molar-refractivity contribution in [3.05, 3.63) is 39.2 Å². The summed E-state index contributed by atoms with van der Waals surface area (Å²) in [6, 6.07) is 0. The summed E-state index contributed by atoms with van der Waals surface area (Å²) in [4.78, 5) is 0. The molecule has 0 aromatic heterocycles. The molecule has 0 spiro atoms. The molecule has 2 heteroatoms. The third-order valence-corrected chi connectivity index (χ3v) is 0.586. The van der Waals surface area contributed by atoms with Gasteiger partial charge in [-0.3, -0.25) is 6.08 Å². The first kappa shape index (κ1) is 22.7. The van der Waals surface area contributed by atoms with E-state index in [2.05, 4.69) is 12.2 Å². The van der Waals surface area contributed by atoms with Crippen LogP contribution in [0, 0.1) is 20.9 Å². The van der Waals surface area contributed by atoms with Crippen LogP contribution in [0.2, 0.25) is 0 Å². The van der Waals surface area contributed by atoms with E-state index in [0.717, 1.165) is 6.42 Å². The van der Waals surface area contributed by atoms with Gasteiger partial charge in [-0.15, -0.1) is 6.42 Å². The first-order valence-corrected chi connectivity index (χ1v) is 3.13. The Morgan fingerprint density at radius 1 is 1.33 bits per heavy atom. The Morgan fingerprint density at radius 3 is 1.83 bits per heavy atom. The fourth-order valence-electron chi connectivity index (χ4n) is 0.340. The molecule has 0 fully saturated rings. The summed E-state index contributed by atoms with van der Waals surface area (Å²) in [6.07, 6.45) is 9.83. The van der Waals surface area contributed by atoms with Crippen LogP contribution in [0.1, 0.15) is 20.3 Å². The molecule has 1 aliphatic carbocycles. The Balaban J connectivity index is -0.0000000436. The Labute approximate surface area is 92.5 Å². The molecule has 0 atom stereocenters. The Bertz CT molecular complexity index is 93.7. The molecule has 0 unspecified atom stereocenters. The van der Waals surface area contributed by atoms with E-state index in [4.69, 9.17) is 5.11 Å². The van der Waals surface area contributed by atoms with E-state index in [0.29, 0.717) is 0 Å². The van der Waals surface area contributed by atoms with Crippen molar-refractivity contribution < 1.29 is 26.8 Å². The zero-order valence-corrected chi connectivity index (χ0v) is 10.0. The molecule has 1 nitrogen and oxygen atoms in total. The van der Waals surface area contributed by atoms with E-state index in [1.54, 1.807) is 13.8 Å². The van der Waals surface area contributed by atoms with Crippen LogP contribution in [0.3, 0.4) is 0 Å². The van der Waals surface area contributed by atoms with E-state index >= 15 is 0 Å². The number of hydrogen-bond acceptors (Lipinski definition) is 1. The number of aliphatic hydroxyl groups excluding tert-OH is 1. The van der Waals surface area contributed by atoms with Crippen LogP contribution in [0.15, 0.2) is 18.2 Å². The van der Waals surface area contributed by atoms with Gasteiger partial charge in [-0.25, -0.2) is 12.2 Å². The summed E-state index contributed by atoms with van der Waals surface area (Å²) in [5, 5.41) is 8.06. The average molecular weight is 203 g/mol. The molecular formula is C10H19OTi. The molecule has 0 heterocycles. The number of rotatable bonds is 0. The molecule has 12 heavy (non-hydrogen) atoms. The van der Waals surface area contributed by atoms with Crippen molar-refractivity contribution in [2.45, 2.75) is 26.4 Å². The van der Waals surface area contributed by atoms with Crippen LogP contribution in [-0.4, -0.2) is 11.2 Å². The van der Waals surface area contributed by atoms with Gasteiger partial charge in [0, 0.05) is 6.10 Å². The maximum Gasteiger partial charge on any atom is 3.00 e. The van der Waals surface area contributed by atoms with E-state index < -0.39 is 0 Å². The van der Waals surface area contributed by atoms with Crippen LogP contribution in [0.4, 0.5) is 0 Å². The zero-order chi connectivity index (χ0) is 7.11. The van der Waals surface area contributed by atoms with Crippen molar-refractivity contribution in [3.63, 3.8) is 0 Å². The molecule has 0 aromatic rings. The predicted octanol–water partition coefficient (Wildman–Crippen LogP) is 2.59. The SMILES string of the molecule is CC(C)O.[C-]1=CC=CC1.[CH3-].[CH3-].[Ti+3]. The summed E-state index contributed by atoms with van der Waals surface area (Å²) in [5.74, 6) is 0. The van der Waals surface area contributed by atoms with Gasteiger partial charge in [0.2, 0.25) is 0 Å². The van der Waals surface area contributed by atoms with Crippen molar-refractivity contribution in [2.24, 2.45) is 0 Å². The Kier molecular flexibility index (Phi) is 32.8. The third kappa shape index (κ3) is 32.0. The normalized spacial score (nSPS) is 10.3. The average Bonchev–Trinajstić information content (AvgIpc) is 2.11. The topological polar surface area (TPSA) is 20.2 Å². The molecule has 0 amide bonds. The molecule has 0 aromatic carbocycles. The molecule has 0 saturated carbocycles. The number of aliphatic hydroxyl groups is 1. The zero-order valence-electron chi connectivity index (χ0n) is 8.46. The van der Waals surface area contributed by atoms with Crippen LogP contribution in [-0.2, 0) is 21.7 Å². The maximum absolute atomic E-state index is 8.06. The second-order valence-electron chi connectivity index (χ2n) is 2.10. The van der Waals surface area contributed by atoms with Gasteiger partial charge in [0.25, 0.3) is 0 Å². The third-order valence-electron chi connectivity index (χ3n) is 0.586. The summed E-state index contributed by atoms with van der Waals surface area (Å²) in [7, 11) is 0. The molecule has 0 aliphatic heterocycles. The quantitative estimate of drug-likeness (QED) is 0.474. The summed E-state index contributed by atoms with van der Waals surface area (Å²) in [5.41, 5.74) is 0. The van der Waals surface area contributed by atoms with Crippen LogP contribution >= 0.6 is 0 Å². The van der Waals surface area contributed by atoms with Gasteiger partial charge >= 0.3 is 21.7 Å². The fraction of sp³-hybridized carbons (Fsp3) is 0.400. The summed E-state index contributed by atoms with van der Waals surface area (Å²) in [6.45, 7) is 3.44. The smallest absolute Gasteiger partial charge is 0.394 e. The van der Waals surface area contributed by atoms with Gasteiger partial charge in [-0.1, -0.05) is 0 Å². The van der Waals surface area contributed by atoms with E-state index in [-0.39, 0.29) is 42.7 Å². The molecular weight excluding hydrogens is 184 g/mol. The predicted molar refractivity (Wildman–Crippen MR) is 51.8 cm³/mol. The first-order valence-electron chi connectivity index (χ1n) is 3.13. The molecule has 1 radical (unpaired) electrons. The van der Waals surface area contributed by atoms with Gasteiger partial charge in [-0.05, 0) is 13.8 Å². The molecule has 1 rings (SSSR count). The van der Waals surface area contributed by atoms with Gasteiger partial charge < -0.3 is 20.0 Å². The standard InChI is InChI=1S/C5H5.C3H8O.2CH3.Ti/c1-2-4-5-3-1;1-3(2)4;;;/h1-3H,4H2;3-4H,1-2H3;2*1H3;/q-1;;2*-1;+3. The molecule has 0 bridgehead atoms. The molecule has 1 aliphatic rings. The summed E-state index contributed by atoms with van der Waals surface area (Å²) < 4.78 is 0. The van der Waals surface area contributed by atoms with Crippen molar-refractivity contribution in [3.8, 4) is 0 Å². The van der Waals surface area contributed by atoms with Gasteiger partial charge in [0.05, 0.1) is 0 Å². The van der Waals surface area contributed by atoms with Crippen LogP contribution in [0.5, 0.6) is 0 Å². The number of allylic oxidation sites excluding steroid dienone is 4. The Hall–Kier alpha value is 0.154. The van der Waals surface area contributed by atoms with E-state index in [9.17, 15) is 0 Å². The van der Waals surface area contributed by atoms with Gasteiger partial charge in [0.1, 0.15) is 0 Å². The van der Waals surface area contributed by atoms with Crippen LogP contribution in [0.25, 0.3) is 0 Å². The van der Waals surface area contributed by atoms with Gasteiger partial charge in [0.15, 0.2) is 0 Å². The Morgan fingerprint density at radius 2 is 1.75 bits per heavy atom. The van der Waals surface area contributed by atoms with Crippen molar-refractivity contribution >= 4 is 0 Å².